The zero-order valence-corrected chi connectivity index (χ0v) is 10.3. The maximum atomic E-state index is 4.20. The second-order valence-corrected chi connectivity index (χ2v) is 4.95. The van der Waals surface area contributed by atoms with Crippen molar-refractivity contribution in [1.82, 2.24) is 20.3 Å². The Morgan fingerprint density at radius 2 is 2.12 bits per heavy atom. The highest BCUT2D eigenvalue weighted by atomic mass is 15.4. The molecule has 1 fully saturated rings. The lowest BCUT2D eigenvalue weighted by molar-refractivity contribution is 0.231. The van der Waals surface area contributed by atoms with E-state index in [-0.39, 0.29) is 0 Å². The van der Waals surface area contributed by atoms with Gasteiger partial charge in [0.15, 0.2) is 0 Å². The molecule has 1 aromatic heterocycles. The number of nitrogens with one attached hydrogen (secondary N) is 1. The summed E-state index contributed by atoms with van der Waals surface area (Å²) in [7, 11) is 3.98. The number of rotatable bonds is 4. The number of aryl methyl sites for hydroxylation is 1. The zero-order chi connectivity index (χ0) is 11.4. The first-order chi connectivity index (χ1) is 7.79. The number of hydrogen-bond donors (Lipinski definition) is 1. The van der Waals surface area contributed by atoms with E-state index in [1.165, 1.54) is 25.7 Å². The lowest BCUT2D eigenvalue weighted by Gasteiger charge is -2.30. The van der Waals surface area contributed by atoms with Gasteiger partial charge in [0.05, 0.1) is 5.69 Å². The highest BCUT2D eigenvalue weighted by molar-refractivity contribution is 4.96. The largest absolute Gasteiger partial charge is 0.319 e. The van der Waals surface area contributed by atoms with Crippen LogP contribution in [0, 0.1) is 11.8 Å². The lowest BCUT2D eigenvalue weighted by Crippen LogP contribution is -2.30. The maximum absolute atomic E-state index is 4.20. The molecule has 2 unspecified atom stereocenters. The Bertz CT molecular complexity index is 319. The van der Waals surface area contributed by atoms with Crippen molar-refractivity contribution in [2.45, 2.75) is 32.1 Å². The summed E-state index contributed by atoms with van der Waals surface area (Å²) in [5.74, 6) is 1.61. The molecule has 0 spiro atoms. The first-order valence-electron chi connectivity index (χ1n) is 6.29. The Kier molecular flexibility index (Phi) is 3.93. The molecule has 0 bridgehead atoms. The second kappa shape index (κ2) is 5.43. The third-order valence-electron chi connectivity index (χ3n) is 3.65. The quantitative estimate of drug-likeness (QED) is 0.837. The third-order valence-corrected chi connectivity index (χ3v) is 3.65. The molecular formula is C12H22N4. The maximum Gasteiger partial charge on any atom is 0.0829 e. The van der Waals surface area contributed by atoms with Gasteiger partial charge in [-0.15, -0.1) is 5.10 Å². The molecule has 2 atom stereocenters. The van der Waals surface area contributed by atoms with Crippen LogP contribution in [0.5, 0.6) is 0 Å². The van der Waals surface area contributed by atoms with Crippen LogP contribution in [-0.4, -0.2) is 28.6 Å². The fraction of sp³-hybridized carbons (Fsp3) is 0.833. The molecule has 1 saturated carbocycles. The highest BCUT2D eigenvalue weighted by Gasteiger charge is 2.25. The first-order valence-corrected chi connectivity index (χ1v) is 6.29. The van der Waals surface area contributed by atoms with Gasteiger partial charge in [-0.3, -0.25) is 4.68 Å². The molecule has 16 heavy (non-hydrogen) atoms. The summed E-state index contributed by atoms with van der Waals surface area (Å²) in [5, 5.41) is 11.5. The summed E-state index contributed by atoms with van der Waals surface area (Å²) in [6.45, 7) is 1.14. The molecule has 0 aliphatic heterocycles. The highest BCUT2D eigenvalue weighted by Crippen LogP contribution is 2.31. The van der Waals surface area contributed by atoms with Gasteiger partial charge in [-0.25, -0.2) is 0 Å². The molecule has 0 amide bonds. The predicted molar refractivity (Wildman–Crippen MR) is 64.1 cm³/mol. The summed E-state index contributed by atoms with van der Waals surface area (Å²) in [6.07, 6.45) is 8.63. The van der Waals surface area contributed by atoms with Gasteiger partial charge in [-0.05, 0) is 44.7 Å². The van der Waals surface area contributed by atoms with E-state index in [1.54, 1.807) is 4.68 Å². The summed E-state index contributed by atoms with van der Waals surface area (Å²) in [6, 6.07) is 0. The summed E-state index contributed by atoms with van der Waals surface area (Å²) >= 11 is 0. The van der Waals surface area contributed by atoms with Gasteiger partial charge in [-0.1, -0.05) is 18.1 Å². The molecule has 1 aromatic rings. The molecule has 1 heterocycles. The third kappa shape index (κ3) is 2.82. The van der Waals surface area contributed by atoms with E-state index < -0.39 is 0 Å². The molecule has 0 saturated heterocycles. The molecule has 4 heteroatoms. The van der Waals surface area contributed by atoms with Gasteiger partial charge in [0, 0.05) is 13.2 Å². The number of aromatic nitrogens is 3. The van der Waals surface area contributed by atoms with Gasteiger partial charge in [0.2, 0.25) is 0 Å². The Hall–Kier alpha value is -0.900. The Morgan fingerprint density at radius 1 is 1.38 bits per heavy atom. The van der Waals surface area contributed by atoms with Crippen LogP contribution >= 0.6 is 0 Å². The van der Waals surface area contributed by atoms with E-state index in [1.807, 2.05) is 20.3 Å². The van der Waals surface area contributed by atoms with Gasteiger partial charge < -0.3 is 5.32 Å². The summed E-state index contributed by atoms with van der Waals surface area (Å²) in [4.78, 5) is 0. The van der Waals surface area contributed by atoms with Crippen molar-refractivity contribution in [3.05, 3.63) is 11.9 Å². The second-order valence-electron chi connectivity index (χ2n) is 4.95. The Balaban J connectivity index is 1.95. The van der Waals surface area contributed by atoms with Crippen LogP contribution in [0.15, 0.2) is 6.20 Å². The molecule has 0 aromatic carbocycles. The van der Waals surface area contributed by atoms with Gasteiger partial charge in [-0.2, -0.15) is 0 Å². The van der Waals surface area contributed by atoms with E-state index in [4.69, 9.17) is 0 Å². The molecule has 0 radical (unpaired) electrons. The molecule has 1 N–H and O–H groups in total. The molecule has 1 aliphatic carbocycles. The monoisotopic (exact) mass is 222 g/mol. The van der Waals surface area contributed by atoms with Crippen molar-refractivity contribution < 1.29 is 0 Å². The molecule has 4 nitrogen and oxygen atoms in total. The van der Waals surface area contributed by atoms with Crippen LogP contribution in [-0.2, 0) is 13.5 Å². The van der Waals surface area contributed by atoms with Crippen molar-refractivity contribution in [2.24, 2.45) is 18.9 Å². The molecule has 2 rings (SSSR count). The predicted octanol–water partition coefficient (Wildman–Crippen LogP) is 1.38. The summed E-state index contributed by atoms with van der Waals surface area (Å²) < 4.78 is 1.80. The standard InChI is InChI=1S/C12H22N4/c1-13-8-11-6-4-3-5-10(11)7-12-9-16(2)15-14-12/h9-11,13H,3-8H2,1-2H3. The minimum atomic E-state index is 0.790. The SMILES string of the molecule is CNCC1CCCCC1Cc1cn(C)nn1. The van der Waals surface area contributed by atoms with Crippen LogP contribution in [0.4, 0.5) is 0 Å². The van der Waals surface area contributed by atoms with Crippen molar-refractivity contribution in [1.29, 1.82) is 0 Å². The van der Waals surface area contributed by atoms with Crippen molar-refractivity contribution >= 4 is 0 Å². The molecule has 90 valence electrons. The fourth-order valence-corrected chi connectivity index (χ4v) is 2.84. The zero-order valence-electron chi connectivity index (χ0n) is 10.3. The average Bonchev–Trinajstić information content (AvgIpc) is 2.67. The number of hydrogen-bond acceptors (Lipinski definition) is 3. The van der Waals surface area contributed by atoms with Crippen LogP contribution in [0.3, 0.4) is 0 Å². The summed E-state index contributed by atoms with van der Waals surface area (Å²) in [5.41, 5.74) is 1.15. The van der Waals surface area contributed by atoms with Gasteiger partial charge >= 0.3 is 0 Å². The smallest absolute Gasteiger partial charge is 0.0829 e. The normalized spacial score (nSPS) is 25.9. The topological polar surface area (TPSA) is 42.7 Å². The fourth-order valence-electron chi connectivity index (χ4n) is 2.84. The van der Waals surface area contributed by atoms with Crippen molar-refractivity contribution in [2.75, 3.05) is 13.6 Å². The van der Waals surface area contributed by atoms with Gasteiger partial charge in [0.25, 0.3) is 0 Å². The minimum Gasteiger partial charge on any atom is -0.319 e. The van der Waals surface area contributed by atoms with E-state index in [2.05, 4.69) is 15.6 Å². The minimum absolute atomic E-state index is 0.790. The number of nitrogens with zero attached hydrogens (tertiary/aromatic N) is 3. The first kappa shape index (κ1) is 11.6. The van der Waals surface area contributed by atoms with Crippen LogP contribution in [0.2, 0.25) is 0 Å². The lowest BCUT2D eigenvalue weighted by atomic mass is 9.77. The van der Waals surface area contributed by atoms with E-state index in [0.29, 0.717) is 0 Å². The van der Waals surface area contributed by atoms with E-state index in [0.717, 1.165) is 30.5 Å². The van der Waals surface area contributed by atoms with Gasteiger partial charge in [0.1, 0.15) is 0 Å². The van der Waals surface area contributed by atoms with E-state index in [9.17, 15) is 0 Å². The Labute approximate surface area is 97.4 Å². The van der Waals surface area contributed by atoms with Crippen LogP contribution < -0.4 is 5.32 Å². The van der Waals surface area contributed by atoms with Crippen molar-refractivity contribution in [3.63, 3.8) is 0 Å². The Morgan fingerprint density at radius 3 is 2.75 bits per heavy atom. The van der Waals surface area contributed by atoms with Crippen LogP contribution in [0.1, 0.15) is 31.4 Å². The van der Waals surface area contributed by atoms with E-state index >= 15 is 0 Å². The van der Waals surface area contributed by atoms with Crippen molar-refractivity contribution in [3.8, 4) is 0 Å². The molecule has 1 aliphatic rings. The molecular weight excluding hydrogens is 200 g/mol. The van der Waals surface area contributed by atoms with Crippen LogP contribution in [0.25, 0.3) is 0 Å². The average molecular weight is 222 g/mol.